The van der Waals surface area contributed by atoms with E-state index in [1.54, 1.807) is 43.3 Å². The number of hydrogen-bond acceptors (Lipinski definition) is 6. The number of rotatable bonds is 7. The second kappa shape index (κ2) is 10.8. The minimum atomic E-state index is -0.806. The Balaban J connectivity index is 1.91. The number of thioether (sulfide) groups is 1. The Bertz CT molecular complexity index is 1140. The topological polar surface area (TPSA) is 63.7 Å². The van der Waals surface area contributed by atoms with Gasteiger partial charge in [0.25, 0.3) is 5.91 Å². The summed E-state index contributed by atoms with van der Waals surface area (Å²) in [7, 11) is 0. The van der Waals surface area contributed by atoms with Crippen LogP contribution in [-0.2, 0) is 14.3 Å². The fourth-order valence-electron chi connectivity index (χ4n) is 2.94. The van der Waals surface area contributed by atoms with Crippen LogP contribution in [0.25, 0.3) is 6.08 Å². The molecule has 1 saturated heterocycles. The summed E-state index contributed by atoms with van der Waals surface area (Å²) in [5.74, 6) is -1.75. The van der Waals surface area contributed by atoms with Gasteiger partial charge < -0.3 is 4.74 Å². The lowest BCUT2D eigenvalue weighted by Gasteiger charge is -2.12. The highest BCUT2D eigenvalue weighted by Crippen LogP contribution is 2.33. The van der Waals surface area contributed by atoms with Gasteiger partial charge in [0, 0.05) is 11.8 Å². The molecule has 7 heteroatoms. The molecule has 0 saturated carbocycles. The summed E-state index contributed by atoms with van der Waals surface area (Å²) >= 11 is 6.47. The summed E-state index contributed by atoms with van der Waals surface area (Å²) in [6.45, 7) is 3.63. The van der Waals surface area contributed by atoms with Crippen LogP contribution < -0.4 is 0 Å². The second-order valence-corrected chi connectivity index (χ2v) is 8.48. The number of esters is 1. The van der Waals surface area contributed by atoms with E-state index in [4.69, 9.17) is 17.0 Å². The summed E-state index contributed by atoms with van der Waals surface area (Å²) in [5.41, 5.74) is 1.93. The van der Waals surface area contributed by atoms with Crippen molar-refractivity contribution in [1.82, 2.24) is 4.90 Å². The summed E-state index contributed by atoms with van der Waals surface area (Å²) in [4.78, 5) is 40.0. The fraction of sp³-hybridized carbons (Fsp3) is 0.120. The van der Waals surface area contributed by atoms with Crippen molar-refractivity contribution in [3.63, 3.8) is 0 Å². The number of benzene rings is 2. The Kier molecular flexibility index (Phi) is 7.92. The number of carbonyl (C=O) groups is 3. The number of nitrogens with zero attached hydrogens (tertiary/aromatic N) is 1. The molecule has 0 N–H and O–H groups in total. The van der Waals surface area contributed by atoms with Crippen LogP contribution in [0.15, 0.2) is 89.0 Å². The molecule has 162 valence electrons. The van der Waals surface area contributed by atoms with Gasteiger partial charge in [0.05, 0.1) is 11.5 Å². The third-order valence-corrected chi connectivity index (χ3v) is 5.74. The van der Waals surface area contributed by atoms with E-state index in [1.807, 2.05) is 43.3 Å². The summed E-state index contributed by atoms with van der Waals surface area (Å²) in [6, 6.07) is 18.1. The quantitative estimate of drug-likeness (QED) is 0.141. The lowest BCUT2D eigenvalue weighted by atomic mass is 10.0. The van der Waals surface area contributed by atoms with Crippen LogP contribution in [-0.4, -0.2) is 33.5 Å². The number of carbonyl (C=O) groups excluding carboxylic acids is 3. The number of ketones is 1. The van der Waals surface area contributed by atoms with E-state index in [0.717, 1.165) is 27.8 Å². The maximum Gasteiger partial charge on any atom is 0.343 e. The van der Waals surface area contributed by atoms with Crippen LogP contribution in [0.2, 0.25) is 0 Å². The molecule has 0 aromatic heterocycles. The third kappa shape index (κ3) is 5.69. The van der Waals surface area contributed by atoms with E-state index in [-0.39, 0.29) is 16.5 Å². The van der Waals surface area contributed by atoms with Crippen molar-refractivity contribution in [3.05, 3.63) is 100 Å². The van der Waals surface area contributed by atoms with Crippen molar-refractivity contribution in [3.8, 4) is 0 Å². The molecule has 2 aromatic rings. The molecule has 1 amide bonds. The number of hydrogen-bond donors (Lipinski definition) is 0. The zero-order valence-electron chi connectivity index (χ0n) is 17.6. The Labute approximate surface area is 196 Å². The monoisotopic (exact) mass is 463 g/mol. The van der Waals surface area contributed by atoms with Crippen LogP contribution in [0.1, 0.15) is 29.8 Å². The molecule has 0 atom stereocenters. The van der Waals surface area contributed by atoms with E-state index >= 15 is 0 Å². The predicted molar refractivity (Wildman–Crippen MR) is 131 cm³/mol. The van der Waals surface area contributed by atoms with Crippen LogP contribution >= 0.6 is 24.0 Å². The van der Waals surface area contributed by atoms with Gasteiger partial charge in [-0.2, -0.15) is 0 Å². The van der Waals surface area contributed by atoms with Crippen LogP contribution in [0.3, 0.4) is 0 Å². The molecule has 3 rings (SSSR count). The maximum absolute atomic E-state index is 13.0. The lowest BCUT2D eigenvalue weighted by Crippen LogP contribution is -2.26. The molecule has 1 aliphatic heterocycles. The van der Waals surface area contributed by atoms with Gasteiger partial charge in [0.1, 0.15) is 5.57 Å². The highest BCUT2D eigenvalue weighted by Gasteiger charge is 2.33. The van der Waals surface area contributed by atoms with Crippen LogP contribution in [0.4, 0.5) is 0 Å². The highest BCUT2D eigenvalue weighted by atomic mass is 32.2. The van der Waals surface area contributed by atoms with Crippen molar-refractivity contribution >= 4 is 52.0 Å². The average molecular weight is 464 g/mol. The first kappa shape index (κ1) is 23.4. The minimum Gasteiger partial charge on any atom is -0.462 e. The van der Waals surface area contributed by atoms with Gasteiger partial charge in [-0.1, -0.05) is 90.7 Å². The largest absolute Gasteiger partial charge is 0.462 e. The summed E-state index contributed by atoms with van der Waals surface area (Å²) < 4.78 is 5.28. The second-order valence-electron chi connectivity index (χ2n) is 6.81. The molecule has 0 aliphatic carbocycles. The summed E-state index contributed by atoms with van der Waals surface area (Å²) in [6.07, 6.45) is 4.87. The molecule has 1 heterocycles. The molecule has 0 spiro atoms. The van der Waals surface area contributed by atoms with E-state index < -0.39 is 17.7 Å². The van der Waals surface area contributed by atoms with Gasteiger partial charge in [-0.25, -0.2) is 4.79 Å². The molecule has 2 aromatic carbocycles. The Morgan fingerprint density at radius 2 is 1.69 bits per heavy atom. The van der Waals surface area contributed by atoms with E-state index in [9.17, 15) is 14.4 Å². The SMILES string of the molecule is CCOC(=O)/C(=C\N1C(=O)/C(=C\C(C)=C\c2ccccc2)SC1=S)C(=O)c1ccccc1. The molecular weight excluding hydrogens is 442 g/mol. The molecular formula is C25H21NO4S2. The van der Waals surface area contributed by atoms with Gasteiger partial charge >= 0.3 is 5.97 Å². The predicted octanol–water partition coefficient (Wildman–Crippen LogP) is 5.16. The normalized spacial score (nSPS) is 15.9. The number of Topliss-reactive ketones (excluding diaryl/α,β-unsaturated/α-hetero) is 1. The molecule has 0 bridgehead atoms. The molecule has 5 nitrogen and oxygen atoms in total. The standard InChI is InChI=1S/C25H21NO4S2/c1-3-30-24(29)20(22(27)19-12-8-5-9-13-19)16-26-23(28)21(32-25(26)31)15-17(2)14-18-10-6-4-7-11-18/h4-16H,3H2,1-2H3/b17-14+,20-16-,21-15+. The third-order valence-electron chi connectivity index (χ3n) is 4.41. The Hall–Kier alpha value is -3.29. The number of allylic oxidation sites excluding steroid dienone is 2. The Morgan fingerprint density at radius 3 is 2.31 bits per heavy atom. The molecule has 0 radical (unpaired) electrons. The zero-order valence-corrected chi connectivity index (χ0v) is 19.2. The average Bonchev–Trinajstić information content (AvgIpc) is 3.05. The van der Waals surface area contributed by atoms with Gasteiger partial charge in [-0.15, -0.1) is 0 Å². The lowest BCUT2D eigenvalue weighted by molar-refractivity contribution is -0.138. The van der Waals surface area contributed by atoms with Gasteiger partial charge in [0.2, 0.25) is 5.78 Å². The van der Waals surface area contributed by atoms with Gasteiger partial charge in [-0.3, -0.25) is 14.5 Å². The van der Waals surface area contributed by atoms with E-state index in [2.05, 4.69) is 0 Å². The van der Waals surface area contributed by atoms with E-state index in [0.29, 0.717) is 10.5 Å². The first-order valence-corrected chi connectivity index (χ1v) is 11.1. The highest BCUT2D eigenvalue weighted by molar-refractivity contribution is 8.26. The first-order valence-electron chi connectivity index (χ1n) is 9.89. The van der Waals surface area contributed by atoms with Crippen molar-refractivity contribution in [2.24, 2.45) is 0 Å². The van der Waals surface area contributed by atoms with Crippen molar-refractivity contribution < 1.29 is 19.1 Å². The van der Waals surface area contributed by atoms with Crippen molar-refractivity contribution in [2.45, 2.75) is 13.8 Å². The van der Waals surface area contributed by atoms with Gasteiger partial charge in [-0.05, 0) is 31.1 Å². The molecule has 0 unspecified atom stereocenters. The number of amides is 1. The van der Waals surface area contributed by atoms with Crippen LogP contribution in [0.5, 0.6) is 0 Å². The van der Waals surface area contributed by atoms with Crippen molar-refractivity contribution in [1.29, 1.82) is 0 Å². The van der Waals surface area contributed by atoms with E-state index in [1.165, 1.54) is 6.20 Å². The zero-order chi connectivity index (χ0) is 23.1. The Morgan fingerprint density at radius 1 is 1.06 bits per heavy atom. The first-order chi connectivity index (χ1) is 15.4. The minimum absolute atomic E-state index is 0.0972. The number of thiocarbonyl (C=S) groups is 1. The molecule has 1 aliphatic rings. The maximum atomic E-state index is 13.0. The smallest absolute Gasteiger partial charge is 0.343 e. The van der Waals surface area contributed by atoms with Gasteiger partial charge in [0.15, 0.2) is 4.32 Å². The summed E-state index contributed by atoms with van der Waals surface area (Å²) in [5, 5.41) is 0. The fourth-order valence-corrected chi connectivity index (χ4v) is 4.20. The molecule has 32 heavy (non-hydrogen) atoms. The van der Waals surface area contributed by atoms with Crippen molar-refractivity contribution in [2.75, 3.05) is 6.61 Å². The molecule has 1 fully saturated rings. The van der Waals surface area contributed by atoms with Crippen LogP contribution in [0, 0.1) is 0 Å². The number of ether oxygens (including phenoxy) is 1.